The topological polar surface area (TPSA) is 64.7 Å². The van der Waals surface area contributed by atoms with Crippen LogP contribution in [0.4, 0.5) is 0 Å². The van der Waals surface area contributed by atoms with Gasteiger partial charge >= 0.3 is 0 Å². The predicted octanol–water partition coefficient (Wildman–Crippen LogP) is 2.50. The molecule has 3 aromatic heterocycles. The quantitative estimate of drug-likeness (QED) is 0.686. The second-order valence-electron chi connectivity index (χ2n) is 3.72. The zero-order valence-corrected chi connectivity index (χ0v) is 9.74. The first kappa shape index (κ1) is 10.6. The fraction of sp³-hybridized carbons (Fsp3) is 0.0769. The van der Waals surface area contributed by atoms with E-state index in [1.165, 1.54) is 0 Å². The van der Waals surface area contributed by atoms with Gasteiger partial charge in [0.15, 0.2) is 17.5 Å². The summed E-state index contributed by atoms with van der Waals surface area (Å²) in [6, 6.07) is 7.40. The lowest BCUT2D eigenvalue weighted by atomic mass is 10.2. The zero-order valence-electron chi connectivity index (χ0n) is 9.74. The molecule has 5 heteroatoms. The third kappa shape index (κ3) is 1.98. The molecule has 0 radical (unpaired) electrons. The number of oxazole rings is 1. The highest BCUT2D eigenvalue weighted by Crippen LogP contribution is 2.20. The van der Waals surface area contributed by atoms with E-state index in [2.05, 4.69) is 19.9 Å². The molecule has 88 valence electrons. The Hall–Kier alpha value is -2.56. The van der Waals surface area contributed by atoms with Gasteiger partial charge in [-0.2, -0.15) is 0 Å². The lowest BCUT2D eigenvalue weighted by molar-refractivity contribution is 0.532. The maximum atomic E-state index is 5.45. The summed E-state index contributed by atoms with van der Waals surface area (Å²) in [6.07, 6.45) is 5.04. The summed E-state index contributed by atoms with van der Waals surface area (Å²) in [4.78, 5) is 16.9. The van der Waals surface area contributed by atoms with Gasteiger partial charge in [0, 0.05) is 19.3 Å². The number of pyridine rings is 1. The first-order valence-corrected chi connectivity index (χ1v) is 5.50. The average Bonchev–Trinajstić information content (AvgIpc) is 2.87. The molecule has 0 atom stereocenters. The molecule has 0 fully saturated rings. The minimum absolute atomic E-state index is 0.593. The van der Waals surface area contributed by atoms with E-state index in [9.17, 15) is 0 Å². The lowest BCUT2D eigenvalue weighted by Gasteiger charge is -2.00. The number of nitrogens with zero attached hydrogens (tertiary/aromatic N) is 4. The summed E-state index contributed by atoms with van der Waals surface area (Å²) < 4.78 is 5.45. The van der Waals surface area contributed by atoms with Crippen LogP contribution in [0.5, 0.6) is 0 Å². The highest BCUT2D eigenvalue weighted by molar-refractivity contribution is 5.57. The van der Waals surface area contributed by atoms with Gasteiger partial charge in [-0.25, -0.2) is 19.9 Å². The Bertz CT molecular complexity index is 664. The molecule has 0 amide bonds. The highest BCUT2D eigenvalue weighted by Gasteiger charge is 2.08. The summed E-state index contributed by atoms with van der Waals surface area (Å²) in [5, 5.41) is 0. The first-order valence-electron chi connectivity index (χ1n) is 5.50. The van der Waals surface area contributed by atoms with Gasteiger partial charge in [0.05, 0.1) is 6.20 Å². The molecule has 3 rings (SSSR count). The molecule has 0 N–H and O–H groups in total. The second kappa shape index (κ2) is 4.37. The van der Waals surface area contributed by atoms with Gasteiger partial charge in [-0.05, 0) is 18.2 Å². The van der Waals surface area contributed by atoms with E-state index in [-0.39, 0.29) is 0 Å². The lowest BCUT2D eigenvalue weighted by Crippen LogP contribution is -1.91. The van der Waals surface area contributed by atoms with Crippen molar-refractivity contribution in [3.8, 4) is 23.0 Å². The van der Waals surface area contributed by atoms with Crippen molar-refractivity contribution >= 4 is 0 Å². The maximum Gasteiger partial charge on any atom is 0.191 e. The van der Waals surface area contributed by atoms with Crippen molar-refractivity contribution in [2.24, 2.45) is 0 Å². The van der Waals surface area contributed by atoms with Crippen molar-refractivity contribution in [2.75, 3.05) is 0 Å². The first-order chi connectivity index (χ1) is 8.83. The predicted molar refractivity (Wildman–Crippen MR) is 65.5 cm³/mol. The largest absolute Gasteiger partial charge is 0.439 e. The number of hydrogen-bond acceptors (Lipinski definition) is 5. The molecule has 0 bridgehead atoms. The van der Waals surface area contributed by atoms with Crippen molar-refractivity contribution in [1.82, 2.24) is 19.9 Å². The van der Waals surface area contributed by atoms with Crippen molar-refractivity contribution in [1.29, 1.82) is 0 Å². The van der Waals surface area contributed by atoms with Crippen LogP contribution < -0.4 is 0 Å². The van der Waals surface area contributed by atoms with E-state index in [1.54, 1.807) is 31.6 Å². The fourth-order valence-corrected chi connectivity index (χ4v) is 1.61. The van der Waals surface area contributed by atoms with Crippen LogP contribution >= 0.6 is 0 Å². The Morgan fingerprint density at radius 3 is 2.44 bits per heavy atom. The second-order valence-corrected chi connectivity index (χ2v) is 3.72. The average molecular weight is 238 g/mol. The van der Waals surface area contributed by atoms with E-state index in [0.29, 0.717) is 23.2 Å². The molecule has 0 saturated heterocycles. The van der Waals surface area contributed by atoms with Gasteiger partial charge in [-0.1, -0.05) is 6.07 Å². The smallest absolute Gasteiger partial charge is 0.191 e. The molecular formula is C13H10N4O. The Labute approximate surface area is 104 Å². The molecule has 0 aliphatic rings. The Balaban J connectivity index is 2.05. The van der Waals surface area contributed by atoms with Gasteiger partial charge in [0.2, 0.25) is 0 Å². The molecule has 0 unspecified atom stereocenters. The van der Waals surface area contributed by atoms with Crippen LogP contribution in [0.1, 0.15) is 5.89 Å². The molecule has 5 nitrogen and oxygen atoms in total. The number of hydrogen-bond donors (Lipinski definition) is 0. The van der Waals surface area contributed by atoms with Crippen molar-refractivity contribution in [3.63, 3.8) is 0 Å². The van der Waals surface area contributed by atoms with Gasteiger partial charge in [-0.15, -0.1) is 0 Å². The van der Waals surface area contributed by atoms with E-state index in [1.807, 2.05) is 18.2 Å². The monoisotopic (exact) mass is 238 g/mol. The third-order valence-corrected chi connectivity index (χ3v) is 2.42. The summed E-state index contributed by atoms with van der Waals surface area (Å²) in [6.45, 7) is 1.80. The Kier molecular flexibility index (Phi) is 2.57. The van der Waals surface area contributed by atoms with Crippen LogP contribution in [0.3, 0.4) is 0 Å². The van der Waals surface area contributed by atoms with E-state index in [4.69, 9.17) is 4.42 Å². The number of aryl methyl sites for hydroxylation is 1. The van der Waals surface area contributed by atoms with Crippen LogP contribution in [0.2, 0.25) is 0 Å². The van der Waals surface area contributed by atoms with E-state index >= 15 is 0 Å². The van der Waals surface area contributed by atoms with Gasteiger partial charge < -0.3 is 4.42 Å². The summed E-state index contributed by atoms with van der Waals surface area (Å²) in [5.74, 6) is 1.86. The van der Waals surface area contributed by atoms with Crippen molar-refractivity contribution in [2.45, 2.75) is 6.92 Å². The fourth-order valence-electron chi connectivity index (χ4n) is 1.61. The molecule has 0 spiro atoms. The van der Waals surface area contributed by atoms with Crippen LogP contribution in [0.25, 0.3) is 23.0 Å². The van der Waals surface area contributed by atoms with Crippen molar-refractivity contribution in [3.05, 3.63) is 48.7 Å². The standard InChI is InChI=1S/C13H10N4O/c1-9-16-8-12(18-9)10-4-2-5-11(17-10)13-14-6-3-7-15-13/h2-8H,1H3. The molecule has 0 aliphatic heterocycles. The van der Waals surface area contributed by atoms with E-state index < -0.39 is 0 Å². The summed E-state index contributed by atoms with van der Waals surface area (Å²) in [5.41, 5.74) is 1.43. The van der Waals surface area contributed by atoms with E-state index in [0.717, 1.165) is 5.69 Å². The van der Waals surface area contributed by atoms with Crippen LogP contribution in [0, 0.1) is 6.92 Å². The number of aromatic nitrogens is 4. The summed E-state index contributed by atoms with van der Waals surface area (Å²) in [7, 11) is 0. The van der Waals surface area contributed by atoms with Crippen LogP contribution in [-0.4, -0.2) is 19.9 Å². The molecule has 18 heavy (non-hydrogen) atoms. The molecule has 0 aliphatic carbocycles. The maximum absolute atomic E-state index is 5.45. The minimum atomic E-state index is 0.593. The third-order valence-electron chi connectivity index (χ3n) is 2.42. The molecule has 0 saturated carbocycles. The summed E-state index contributed by atoms with van der Waals surface area (Å²) >= 11 is 0. The SMILES string of the molecule is Cc1ncc(-c2cccc(-c3ncccn3)n2)o1. The highest BCUT2D eigenvalue weighted by atomic mass is 16.4. The van der Waals surface area contributed by atoms with Gasteiger partial charge in [0.1, 0.15) is 11.4 Å². The van der Waals surface area contributed by atoms with Gasteiger partial charge in [-0.3, -0.25) is 0 Å². The number of rotatable bonds is 2. The molecule has 3 heterocycles. The Morgan fingerprint density at radius 2 is 1.72 bits per heavy atom. The molecular weight excluding hydrogens is 228 g/mol. The normalized spacial score (nSPS) is 10.5. The minimum Gasteiger partial charge on any atom is -0.439 e. The van der Waals surface area contributed by atoms with Crippen LogP contribution in [0.15, 0.2) is 47.3 Å². The Morgan fingerprint density at radius 1 is 0.944 bits per heavy atom. The van der Waals surface area contributed by atoms with Crippen molar-refractivity contribution < 1.29 is 4.42 Å². The zero-order chi connectivity index (χ0) is 12.4. The van der Waals surface area contributed by atoms with Gasteiger partial charge in [0.25, 0.3) is 0 Å². The molecule has 3 aromatic rings. The van der Waals surface area contributed by atoms with Crippen LogP contribution in [-0.2, 0) is 0 Å². The molecule has 0 aromatic carbocycles.